The standard InChI is InChI=1S/C58H42N2/c1-4-12-41(13-5-1)44-20-30-50(31-21-44)59(51-32-22-45(23-33-51)42-14-6-2-7-15-42)52-34-24-46(25-35-52)47-26-36-53(37-27-47)60-56-38-29-49(43-16-8-3-9-17-43)40-55(56)58-54-19-11-10-18-48(54)28-39-57(58)60/h1,3-6,8-40H,2,7H2. The van der Waals surface area contributed by atoms with E-state index in [1.807, 2.05) is 0 Å². The van der Waals surface area contributed by atoms with Gasteiger partial charge in [-0.25, -0.2) is 0 Å². The minimum Gasteiger partial charge on any atom is -0.311 e. The lowest BCUT2D eigenvalue weighted by Crippen LogP contribution is -2.10. The Balaban J connectivity index is 0.947. The molecule has 0 saturated heterocycles. The summed E-state index contributed by atoms with van der Waals surface area (Å²) in [5.41, 5.74) is 16.7. The molecule has 284 valence electrons. The molecule has 0 saturated carbocycles. The molecule has 1 aliphatic rings. The van der Waals surface area contributed by atoms with Gasteiger partial charge in [-0.15, -0.1) is 0 Å². The molecule has 0 amide bonds. The largest absolute Gasteiger partial charge is 0.311 e. The van der Waals surface area contributed by atoms with Crippen LogP contribution < -0.4 is 4.90 Å². The Labute approximate surface area is 351 Å². The van der Waals surface area contributed by atoms with Crippen LogP contribution in [0.2, 0.25) is 0 Å². The summed E-state index contributed by atoms with van der Waals surface area (Å²) in [6, 6.07) is 77.4. The van der Waals surface area contributed by atoms with E-state index in [4.69, 9.17) is 0 Å². The number of anilines is 3. The molecule has 9 aromatic carbocycles. The minimum atomic E-state index is 1.09. The molecule has 0 spiro atoms. The van der Waals surface area contributed by atoms with Gasteiger partial charge in [-0.1, -0.05) is 164 Å². The summed E-state index contributed by atoms with van der Waals surface area (Å²) in [4.78, 5) is 2.35. The van der Waals surface area contributed by atoms with Crippen LogP contribution in [0.15, 0.2) is 231 Å². The molecule has 0 fully saturated rings. The summed E-state index contributed by atoms with van der Waals surface area (Å²) >= 11 is 0. The van der Waals surface area contributed by atoms with Crippen LogP contribution in [0, 0.1) is 0 Å². The Morgan fingerprint density at radius 1 is 0.367 bits per heavy atom. The van der Waals surface area contributed by atoms with E-state index in [2.05, 4.69) is 240 Å². The van der Waals surface area contributed by atoms with E-state index >= 15 is 0 Å². The molecule has 11 rings (SSSR count). The predicted molar refractivity (Wildman–Crippen MR) is 256 cm³/mol. The van der Waals surface area contributed by atoms with Crippen molar-refractivity contribution in [1.82, 2.24) is 4.57 Å². The van der Waals surface area contributed by atoms with Gasteiger partial charge in [0.05, 0.1) is 11.0 Å². The monoisotopic (exact) mass is 766 g/mol. The lowest BCUT2D eigenvalue weighted by molar-refractivity contribution is 1.04. The van der Waals surface area contributed by atoms with Crippen LogP contribution in [0.5, 0.6) is 0 Å². The number of fused-ring (bicyclic) bond motifs is 5. The molecule has 1 heterocycles. The number of hydrogen-bond acceptors (Lipinski definition) is 1. The maximum atomic E-state index is 2.42. The summed E-state index contributed by atoms with van der Waals surface area (Å²) in [7, 11) is 0. The summed E-state index contributed by atoms with van der Waals surface area (Å²) in [6.45, 7) is 0. The van der Waals surface area contributed by atoms with Gasteiger partial charge in [0.2, 0.25) is 0 Å². The van der Waals surface area contributed by atoms with Gasteiger partial charge in [-0.05, 0) is 135 Å². The normalized spacial score (nSPS) is 12.6. The van der Waals surface area contributed by atoms with Gasteiger partial charge >= 0.3 is 0 Å². The van der Waals surface area contributed by atoms with Crippen LogP contribution in [0.3, 0.4) is 0 Å². The van der Waals surface area contributed by atoms with Gasteiger partial charge in [0.15, 0.2) is 0 Å². The van der Waals surface area contributed by atoms with E-state index in [0.717, 1.165) is 35.6 Å². The van der Waals surface area contributed by atoms with Crippen LogP contribution in [-0.4, -0.2) is 4.57 Å². The quantitative estimate of drug-likeness (QED) is 0.150. The van der Waals surface area contributed by atoms with E-state index in [9.17, 15) is 0 Å². The van der Waals surface area contributed by atoms with Crippen LogP contribution in [0.1, 0.15) is 18.4 Å². The lowest BCUT2D eigenvalue weighted by atomic mass is 9.99. The van der Waals surface area contributed by atoms with Crippen molar-refractivity contribution in [3.63, 3.8) is 0 Å². The first-order chi connectivity index (χ1) is 29.7. The van der Waals surface area contributed by atoms with Gasteiger partial charge in [0.25, 0.3) is 0 Å². The van der Waals surface area contributed by atoms with Crippen molar-refractivity contribution in [2.75, 3.05) is 4.90 Å². The highest BCUT2D eigenvalue weighted by Crippen LogP contribution is 2.41. The van der Waals surface area contributed by atoms with Gasteiger partial charge < -0.3 is 9.47 Å². The van der Waals surface area contributed by atoms with E-state index in [1.165, 1.54) is 77.1 Å². The van der Waals surface area contributed by atoms with Crippen molar-refractivity contribution in [3.8, 4) is 39.1 Å². The second-order valence-corrected chi connectivity index (χ2v) is 15.6. The average molecular weight is 767 g/mol. The molecule has 0 unspecified atom stereocenters. The zero-order valence-electron chi connectivity index (χ0n) is 33.2. The molecular formula is C58H42N2. The molecule has 0 aliphatic heterocycles. The lowest BCUT2D eigenvalue weighted by Gasteiger charge is -2.26. The Morgan fingerprint density at radius 3 is 1.47 bits per heavy atom. The molecule has 60 heavy (non-hydrogen) atoms. The van der Waals surface area contributed by atoms with E-state index in [1.54, 1.807) is 0 Å². The zero-order chi connectivity index (χ0) is 39.8. The first-order valence-electron chi connectivity index (χ1n) is 20.9. The van der Waals surface area contributed by atoms with Crippen molar-refractivity contribution in [3.05, 3.63) is 236 Å². The first-order valence-corrected chi connectivity index (χ1v) is 20.9. The summed E-state index contributed by atoms with van der Waals surface area (Å²) < 4.78 is 2.42. The van der Waals surface area contributed by atoms with E-state index in [-0.39, 0.29) is 0 Å². The zero-order valence-corrected chi connectivity index (χ0v) is 33.2. The summed E-state index contributed by atoms with van der Waals surface area (Å²) in [5, 5.41) is 5.08. The van der Waals surface area contributed by atoms with Crippen LogP contribution in [-0.2, 0) is 0 Å². The third-order valence-corrected chi connectivity index (χ3v) is 12.0. The van der Waals surface area contributed by atoms with Gasteiger partial charge in [-0.2, -0.15) is 0 Å². The number of rotatable bonds is 8. The first kappa shape index (κ1) is 35.5. The van der Waals surface area contributed by atoms with Crippen molar-refractivity contribution in [2.45, 2.75) is 12.8 Å². The Kier molecular flexibility index (Phi) is 9.02. The molecule has 1 aliphatic carbocycles. The fourth-order valence-corrected chi connectivity index (χ4v) is 9.00. The number of nitrogens with zero attached hydrogens (tertiary/aromatic N) is 2. The van der Waals surface area contributed by atoms with Crippen molar-refractivity contribution in [2.24, 2.45) is 0 Å². The van der Waals surface area contributed by atoms with E-state index in [0.29, 0.717) is 0 Å². The SMILES string of the molecule is C1=CC(c2ccc(N(c3ccc(-c4ccccc4)cc3)c3ccc(-c4ccc(-n5c6ccc(-c7ccccc7)cc6c6c7ccccc7ccc65)cc4)cc3)cc2)=CCC1. The van der Waals surface area contributed by atoms with Crippen molar-refractivity contribution in [1.29, 1.82) is 0 Å². The number of aromatic nitrogens is 1. The van der Waals surface area contributed by atoms with Crippen molar-refractivity contribution < 1.29 is 0 Å². The highest BCUT2D eigenvalue weighted by molar-refractivity contribution is 6.21. The maximum absolute atomic E-state index is 2.42. The van der Waals surface area contributed by atoms with Gasteiger partial charge in [0.1, 0.15) is 0 Å². The van der Waals surface area contributed by atoms with Crippen molar-refractivity contribution >= 4 is 55.2 Å². The number of benzene rings is 9. The number of hydrogen-bond donors (Lipinski definition) is 0. The third kappa shape index (κ3) is 6.49. The minimum absolute atomic E-state index is 1.09. The molecule has 0 atom stereocenters. The van der Waals surface area contributed by atoms with Gasteiger partial charge in [0, 0.05) is 33.5 Å². The average Bonchev–Trinajstić information content (AvgIpc) is 3.67. The maximum Gasteiger partial charge on any atom is 0.0547 e. The van der Waals surface area contributed by atoms with Crippen LogP contribution >= 0.6 is 0 Å². The Hall–Kier alpha value is -7.68. The molecule has 10 aromatic rings. The Bertz CT molecular complexity index is 3190. The van der Waals surface area contributed by atoms with Crippen LogP contribution in [0.25, 0.3) is 77.2 Å². The third-order valence-electron chi connectivity index (χ3n) is 12.0. The summed E-state index contributed by atoms with van der Waals surface area (Å²) in [5.74, 6) is 0. The highest BCUT2D eigenvalue weighted by Gasteiger charge is 2.17. The molecule has 0 radical (unpaired) electrons. The molecule has 2 heteroatoms. The Morgan fingerprint density at radius 2 is 0.867 bits per heavy atom. The fourth-order valence-electron chi connectivity index (χ4n) is 9.00. The smallest absolute Gasteiger partial charge is 0.0547 e. The number of allylic oxidation sites excluding steroid dienone is 4. The molecule has 2 nitrogen and oxygen atoms in total. The predicted octanol–water partition coefficient (Wildman–Crippen LogP) is 16.1. The fraction of sp³-hybridized carbons (Fsp3) is 0.0345. The molecule has 1 aromatic heterocycles. The molecule has 0 bridgehead atoms. The van der Waals surface area contributed by atoms with E-state index < -0.39 is 0 Å². The summed E-state index contributed by atoms with van der Waals surface area (Å²) in [6.07, 6.45) is 9.06. The highest BCUT2D eigenvalue weighted by atomic mass is 15.1. The second kappa shape index (κ2) is 15.2. The topological polar surface area (TPSA) is 8.17 Å². The van der Waals surface area contributed by atoms with Crippen LogP contribution in [0.4, 0.5) is 17.1 Å². The molecule has 0 N–H and O–H groups in total. The molecular weight excluding hydrogens is 725 g/mol. The van der Waals surface area contributed by atoms with Gasteiger partial charge in [-0.3, -0.25) is 0 Å². The second-order valence-electron chi connectivity index (χ2n) is 15.6.